The summed E-state index contributed by atoms with van der Waals surface area (Å²) in [5.41, 5.74) is 1.22. The zero-order chi connectivity index (χ0) is 14.5. The lowest BCUT2D eigenvalue weighted by molar-refractivity contribution is 0.101. The highest BCUT2D eigenvalue weighted by Gasteiger charge is 2.25. The summed E-state index contributed by atoms with van der Waals surface area (Å²) < 4.78 is 0. The van der Waals surface area contributed by atoms with Gasteiger partial charge in [0.25, 0.3) is 0 Å². The van der Waals surface area contributed by atoms with Crippen LogP contribution in [0.25, 0.3) is 0 Å². The summed E-state index contributed by atoms with van der Waals surface area (Å²) in [6.07, 6.45) is 2.53. The van der Waals surface area contributed by atoms with Crippen LogP contribution < -0.4 is 10.6 Å². The second-order valence-corrected chi connectivity index (χ2v) is 5.23. The smallest absolute Gasteiger partial charge is 0.319 e. The molecule has 1 aliphatic rings. The third kappa shape index (κ3) is 4.35. The molecule has 0 aromatic heterocycles. The second-order valence-electron chi connectivity index (χ2n) is 5.23. The van der Waals surface area contributed by atoms with E-state index in [1.54, 1.807) is 24.3 Å². The highest BCUT2D eigenvalue weighted by atomic mass is 16.2. The van der Waals surface area contributed by atoms with Crippen molar-refractivity contribution in [2.75, 3.05) is 25.5 Å². The molecule has 0 radical (unpaired) electrons. The van der Waals surface area contributed by atoms with E-state index < -0.39 is 0 Å². The number of amides is 2. The van der Waals surface area contributed by atoms with Crippen molar-refractivity contribution in [1.29, 1.82) is 0 Å². The van der Waals surface area contributed by atoms with Gasteiger partial charge in [-0.3, -0.25) is 4.79 Å². The molecule has 0 aliphatic heterocycles. The van der Waals surface area contributed by atoms with Crippen LogP contribution in [-0.4, -0.2) is 42.9 Å². The monoisotopic (exact) mass is 275 g/mol. The van der Waals surface area contributed by atoms with Crippen molar-refractivity contribution >= 4 is 17.5 Å². The number of carbonyl (C=O) groups is 2. The fourth-order valence-electron chi connectivity index (χ4n) is 2.03. The van der Waals surface area contributed by atoms with Crippen LogP contribution in [0.2, 0.25) is 0 Å². The van der Waals surface area contributed by atoms with Crippen LogP contribution in [0.15, 0.2) is 24.3 Å². The molecule has 0 atom stereocenters. The maximum absolute atomic E-state index is 11.7. The predicted octanol–water partition coefficient (Wildman–Crippen LogP) is 2.10. The molecule has 1 aromatic carbocycles. The molecule has 1 saturated carbocycles. The van der Waals surface area contributed by atoms with Crippen LogP contribution in [-0.2, 0) is 0 Å². The Morgan fingerprint density at radius 1 is 1.35 bits per heavy atom. The number of nitrogens with zero attached hydrogens (tertiary/aromatic N) is 1. The number of Topliss-reactive ketones (excluding diaryl/α,β-unsaturated/α-hetero) is 1. The largest absolute Gasteiger partial charge is 0.337 e. The number of carbonyl (C=O) groups excluding carboxylic acids is 2. The summed E-state index contributed by atoms with van der Waals surface area (Å²) in [5.74, 6) is -0.0138. The topological polar surface area (TPSA) is 61.4 Å². The highest BCUT2D eigenvalue weighted by Crippen LogP contribution is 2.24. The Balaban J connectivity index is 1.75. The average Bonchev–Trinajstić information content (AvgIpc) is 3.23. The Morgan fingerprint density at radius 3 is 2.75 bits per heavy atom. The molecule has 5 nitrogen and oxygen atoms in total. The van der Waals surface area contributed by atoms with Gasteiger partial charge in [-0.05, 0) is 38.9 Å². The van der Waals surface area contributed by atoms with Gasteiger partial charge in [-0.2, -0.15) is 0 Å². The van der Waals surface area contributed by atoms with Crippen molar-refractivity contribution < 1.29 is 9.59 Å². The Kier molecular flexibility index (Phi) is 4.74. The van der Waals surface area contributed by atoms with E-state index >= 15 is 0 Å². The predicted molar refractivity (Wildman–Crippen MR) is 79.1 cm³/mol. The zero-order valence-corrected chi connectivity index (χ0v) is 12.0. The van der Waals surface area contributed by atoms with Crippen LogP contribution in [0.1, 0.15) is 30.1 Å². The second kappa shape index (κ2) is 6.52. The molecule has 2 rings (SSSR count). The summed E-state index contributed by atoms with van der Waals surface area (Å²) in [6.45, 7) is 2.98. The Morgan fingerprint density at radius 2 is 2.10 bits per heavy atom. The number of ketones is 1. The van der Waals surface area contributed by atoms with E-state index in [0.29, 0.717) is 23.8 Å². The molecule has 108 valence electrons. The third-order valence-corrected chi connectivity index (χ3v) is 3.45. The average molecular weight is 275 g/mol. The van der Waals surface area contributed by atoms with Gasteiger partial charge in [-0.25, -0.2) is 4.79 Å². The zero-order valence-electron chi connectivity index (χ0n) is 12.0. The van der Waals surface area contributed by atoms with Gasteiger partial charge in [0.05, 0.1) is 0 Å². The molecule has 1 fully saturated rings. The molecule has 5 heteroatoms. The summed E-state index contributed by atoms with van der Waals surface area (Å²) in [4.78, 5) is 25.3. The van der Waals surface area contributed by atoms with Crippen molar-refractivity contribution in [3.05, 3.63) is 29.8 Å². The Hall–Kier alpha value is -1.88. The number of hydrogen-bond acceptors (Lipinski definition) is 3. The van der Waals surface area contributed by atoms with E-state index in [1.807, 2.05) is 0 Å². The summed E-state index contributed by atoms with van der Waals surface area (Å²) >= 11 is 0. The first-order chi connectivity index (χ1) is 9.56. The molecule has 0 heterocycles. The Labute approximate surface area is 119 Å². The van der Waals surface area contributed by atoms with E-state index in [4.69, 9.17) is 0 Å². The third-order valence-electron chi connectivity index (χ3n) is 3.45. The molecule has 0 saturated heterocycles. The fourth-order valence-corrected chi connectivity index (χ4v) is 2.03. The normalized spacial score (nSPS) is 14.2. The van der Waals surface area contributed by atoms with Crippen molar-refractivity contribution in [1.82, 2.24) is 10.2 Å². The fraction of sp³-hybridized carbons (Fsp3) is 0.467. The molecular weight excluding hydrogens is 254 g/mol. The van der Waals surface area contributed by atoms with Gasteiger partial charge in [-0.15, -0.1) is 0 Å². The van der Waals surface area contributed by atoms with Gasteiger partial charge in [0.1, 0.15) is 0 Å². The maximum Gasteiger partial charge on any atom is 0.319 e. The van der Waals surface area contributed by atoms with E-state index in [9.17, 15) is 9.59 Å². The number of anilines is 1. The lowest BCUT2D eigenvalue weighted by atomic mass is 10.1. The lowest BCUT2D eigenvalue weighted by Crippen LogP contribution is -2.36. The molecule has 2 N–H and O–H groups in total. The first kappa shape index (κ1) is 14.5. The minimum Gasteiger partial charge on any atom is -0.337 e. The molecule has 2 amide bonds. The molecular formula is C15H21N3O2. The van der Waals surface area contributed by atoms with Crippen LogP contribution in [0, 0.1) is 0 Å². The van der Waals surface area contributed by atoms with Crippen molar-refractivity contribution in [3.63, 3.8) is 0 Å². The van der Waals surface area contributed by atoms with Crippen LogP contribution >= 0.6 is 0 Å². The van der Waals surface area contributed by atoms with Gasteiger partial charge in [0.15, 0.2) is 5.78 Å². The molecule has 20 heavy (non-hydrogen) atoms. The number of benzene rings is 1. The van der Waals surface area contributed by atoms with Crippen LogP contribution in [0.5, 0.6) is 0 Å². The summed E-state index contributed by atoms with van der Waals surface area (Å²) in [5, 5.41) is 5.55. The number of hydrogen-bond donors (Lipinski definition) is 2. The summed E-state index contributed by atoms with van der Waals surface area (Å²) in [7, 11) is 2.08. The van der Waals surface area contributed by atoms with Gasteiger partial charge in [0, 0.05) is 30.4 Å². The highest BCUT2D eigenvalue weighted by molar-refractivity contribution is 5.96. The van der Waals surface area contributed by atoms with Crippen LogP contribution in [0.3, 0.4) is 0 Å². The molecule has 0 spiro atoms. The van der Waals surface area contributed by atoms with E-state index in [2.05, 4.69) is 22.6 Å². The number of likely N-dealkylation sites (N-methyl/N-ethyl adjacent to an activating group) is 1. The van der Waals surface area contributed by atoms with Crippen molar-refractivity contribution in [3.8, 4) is 0 Å². The quantitative estimate of drug-likeness (QED) is 0.782. The van der Waals surface area contributed by atoms with E-state index in [1.165, 1.54) is 19.8 Å². The first-order valence-electron chi connectivity index (χ1n) is 6.92. The summed E-state index contributed by atoms with van der Waals surface area (Å²) in [6, 6.07) is 7.39. The lowest BCUT2D eigenvalue weighted by Gasteiger charge is -2.16. The van der Waals surface area contributed by atoms with Crippen molar-refractivity contribution in [2.45, 2.75) is 25.8 Å². The van der Waals surface area contributed by atoms with Gasteiger partial charge < -0.3 is 15.5 Å². The van der Waals surface area contributed by atoms with Gasteiger partial charge >= 0.3 is 6.03 Å². The number of urea groups is 1. The standard InChI is InChI=1S/C15H21N3O2/c1-11(19)12-4-3-5-13(10-12)17-15(20)16-8-9-18(2)14-6-7-14/h3-5,10,14H,6-9H2,1-2H3,(H2,16,17,20). The van der Waals surface area contributed by atoms with Gasteiger partial charge in [-0.1, -0.05) is 12.1 Å². The minimum atomic E-state index is -0.241. The Bertz CT molecular complexity index is 498. The molecule has 0 bridgehead atoms. The number of rotatable bonds is 6. The van der Waals surface area contributed by atoms with Crippen LogP contribution in [0.4, 0.5) is 10.5 Å². The SMILES string of the molecule is CC(=O)c1cccc(NC(=O)NCCN(C)C2CC2)c1. The van der Waals surface area contributed by atoms with Crippen molar-refractivity contribution in [2.24, 2.45) is 0 Å². The molecule has 0 unspecified atom stereocenters. The minimum absolute atomic E-state index is 0.0138. The first-order valence-corrected chi connectivity index (χ1v) is 6.92. The van der Waals surface area contributed by atoms with Gasteiger partial charge in [0.2, 0.25) is 0 Å². The molecule has 1 aliphatic carbocycles. The maximum atomic E-state index is 11.7. The number of nitrogens with one attached hydrogen (secondary N) is 2. The molecule has 1 aromatic rings. The van der Waals surface area contributed by atoms with E-state index in [-0.39, 0.29) is 11.8 Å². The van der Waals surface area contributed by atoms with E-state index in [0.717, 1.165) is 6.54 Å².